The summed E-state index contributed by atoms with van der Waals surface area (Å²) >= 11 is 0. The first-order valence-corrected chi connectivity index (χ1v) is 40.0. The Morgan fingerprint density at radius 3 is 0.707 bits per heavy atom. The van der Waals surface area contributed by atoms with Gasteiger partial charge in [0, 0.05) is 99.4 Å². The largest absolute Gasteiger partial charge is 0.310 e. The molecule has 0 aliphatic carbocycles. The molecule has 6 nitrogen and oxygen atoms in total. The second-order valence-electron chi connectivity index (χ2n) is 30.5. The van der Waals surface area contributed by atoms with E-state index in [9.17, 15) is 0 Å². The molecule has 0 spiro atoms. The van der Waals surface area contributed by atoms with Gasteiger partial charge in [-0.15, -0.1) is 0 Å². The highest BCUT2D eigenvalue weighted by atomic mass is 15.2. The van der Waals surface area contributed by atoms with E-state index in [-0.39, 0.29) is 0 Å². The third-order valence-electron chi connectivity index (χ3n) is 23.6. The number of aryl methyl sites for hydroxylation is 2. The molecule has 0 amide bonds. The van der Waals surface area contributed by atoms with Gasteiger partial charge in [-0.1, -0.05) is 291 Å². The molecule has 22 aromatic rings. The molecule has 0 radical (unpaired) electrons. The Morgan fingerprint density at radius 2 is 0.397 bits per heavy atom. The van der Waals surface area contributed by atoms with Gasteiger partial charge in [0.1, 0.15) is 0 Å². The summed E-state index contributed by atoms with van der Waals surface area (Å²) in [7, 11) is 0. The van der Waals surface area contributed by atoms with E-state index in [0.717, 1.165) is 129 Å². The second-order valence-corrected chi connectivity index (χ2v) is 30.5. The molecular weight excluding hydrogens is 1410 g/mol. The van der Waals surface area contributed by atoms with Gasteiger partial charge in [-0.05, 0) is 202 Å². The number of para-hydroxylation sites is 4. The molecular formula is C110H76N6. The van der Waals surface area contributed by atoms with Crippen molar-refractivity contribution in [2.24, 2.45) is 0 Å². The number of fused-ring (bicyclic) bond motifs is 16. The van der Waals surface area contributed by atoms with E-state index < -0.39 is 0 Å². The van der Waals surface area contributed by atoms with Gasteiger partial charge in [-0.3, -0.25) is 0 Å². The number of nitrogens with zero attached hydrogens (tertiary/aromatic N) is 6. The number of anilines is 12. The van der Waals surface area contributed by atoms with E-state index >= 15 is 0 Å². The van der Waals surface area contributed by atoms with Crippen LogP contribution in [0, 0.1) is 13.8 Å². The van der Waals surface area contributed by atoms with Crippen molar-refractivity contribution < 1.29 is 0 Å². The molecule has 0 N–H and O–H groups in total. The molecule has 0 bridgehead atoms. The molecule has 0 fully saturated rings. The van der Waals surface area contributed by atoms with Gasteiger partial charge in [0.2, 0.25) is 0 Å². The van der Waals surface area contributed by atoms with E-state index in [1.165, 1.54) is 81.1 Å². The molecule has 6 heteroatoms. The van der Waals surface area contributed by atoms with Crippen LogP contribution in [-0.4, -0.2) is 9.13 Å². The van der Waals surface area contributed by atoms with E-state index in [1.807, 2.05) is 0 Å². The summed E-state index contributed by atoms with van der Waals surface area (Å²) < 4.78 is 5.13. The van der Waals surface area contributed by atoms with Gasteiger partial charge in [0.05, 0.1) is 56.2 Å². The highest BCUT2D eigenvalue weighted by molar-refractivity contribution is 6.34. The zero-order valence-corrected chi connectivity index (χ0v) is 64.1. The summed E-state index contributed by atoms with van der Waals surface area (Å²) in [6, 6.07) is 157. The van der Waals surface area contributed by atoms with Gasteiger partial charge in [0.25, 0.3) is 0 Å². The first kappa shape index (κ1) is 67.6. The van der Waals surface area contributed by atoms with Crippen LogP contribution in [0.1, 0.15) is 11.1 Å². The lowest BCUT2D eigenvalue weighted by Crippen LogP contribution is -2.12. The zero-order valence-electron chi connectivity index (χ0n) is 64.1. The van der Waals surface area contributed by atoms with Gasteiger partial charge in [-0.2, -0.15) is 0 Å². The zero-order chi connectivity index (χ0) is 76.9. The minimum atomic E-state index is 1.03. The van der Waals surface area contributed by atoms with Crippen molar-refractivity contribution in [2.75, 3.05) is 19.6 Å². The Balaban J connectivity index is 0.762. The molecule has 116 heavy (non-hydrogen) atoms. The summed E-state index contributed by atoms with van der Waals surface area (Å²) in [6.07, 6.45) is 0. The molecule has 0 aliphatic rings. The van der Waals surface area contributed by atoms with Crippen LogP contribution in [0.3, 0.4) is 0 Å². The molecule has 546 valence electrons. The molecule has 22 rings (SSSR count). The highest BCUT2D eigenvalue weighted by Crippen LogP contribution is 2.54. The SMILES string of the molecule is Cc1cccc(N(c2ccccc2)c2cc3c(c4ccccc24)c2c4ccccc4c(N(c4cccc(C)c4)c4cccc(-c5cccc(N(c6ccccc6)c6cc7c(c8ccccc68)c6c8ccccc8c(N(c8ccccc8)c8ccccc8)cc6n7-c6cccc7ccccc67)c5)c4)cc2n3-c2cccc3ccccc23)c1. The van der Waals surface area contributed by atoms with Crippen LogP contribution in [0.5, 0.6) is 0 Å². The highest BCUT2D eigenvalue weighted by Gasteiger charge is 2.30. The number of benzene rings is 20. The summed E-state index contributed by atoms with van der Waals surface area (Å²) in [5.74, 6) is 0. The Kier molecular flexibility index (Phi) is 16.3. The average Bonchev–Trinajstić information content (AvgIpc) is 1.55. The summed E-state index contributed by atoms with van der Waals surface area (Å²) in [5.41, 5.74) is 24.0. The molecule has 0 atom stereocenters. The van der Waals surface area contributed by atoms with Crippen LogP contribution in [0.4, 0.5) is 68.2 Å². The normalized spacial score (nSPS) is 11.7. The minimum Gasteiger partial charge on any atom is -0.310 e. The third kappa shape index (κ3) is 11.2. The number of aromatic nitrogens is 2. The third-order valence-corrected chi connectivity index (χ3v) is 23.6. The Hall–Kier alpha value is -15.2. The molecule has 20 aromatic carbocycles. The molecule has 0 saturated carbocycles. The lowest BCUT2D eigenvalue weighted by atomic mass is 9.96. The maximum Gasteiger partial charge on any atom is 0.0568 e. The maximum atomic E-state index is 2.57. The number of hydrogen-bond donors (Lipinski definition) is 0. The van der Waals surface area contributed by atoms with E-state index in [0.29, 0.717) is 0 Å². The van der Waals surface area contributed by atoms with Crippen LogP contribution >= 0.6 is 0 Å². The quantitative estimate of drug-likeness (QED) is 0.102. The van der Waals surface area contributed by atoms with Crippen LogP contribution in [0.2, 0.25) is 0 Å². The van der Waals surface area contributed by atoms with Crippen LogP contribution in [0.15, 0.2) is 425 Å². The fourth-order valence-corrected chi connectivity index (χ4v) is 18.6. The van der Waals surface area contributed by atoms with E-state index in [4.69, 9.17) is 0 Å². The van der Waals surface area contributed by atoms with E-state index in [2.05, 4.69) is 467 Å². The summed E-state index contributed by atoms with van der Waals surface area (Å²) in [4.78, 5) is 9.86. The first-order chi connectivity index (χ1) is 57.4. The lowest BCUT2D eigenvalue weighted by molar-refractivity contribution is 1.19. The van der Waals surface area contributed by atoms with Crippen LogP contribution in [0.25, 0.3) is 131 Å². The smallest absolute Gasteiger partial charge is 0.0568 e. The summed E-state index contributed by atoms with van der Waals surface area (Å²) in [5, 5.41) is 18.8. The fourth-order valence-electron chi connectivity index (χ4n) is 18.6. The van der Waals surface area contributed by atoms with Crippen LogP contribution in [-0.2, 0) is 0 Å². The topological polar surface area (TPSA) is 22.8 Å². The second kappa shape index (κ2) is 27.9. The van der Waals surface area contributed by atoms with Crippen molar-refractivity contribution >= 4 is 176 Å². The van der Waals surface area contributed by atoms with Crippen molar-refractivity contribution in [3.05, 3.63) is 436 Å². The van der Waals surface area contributed by atoms with Crippen molar-refractivity contribution in [1.29, 1.82) is 0 Å². The predicted octanol–water partition coefficient (Wildman–Crippen LogP) is 31.0. The van der Waals surface area contributed by atoms with Crippen molar-refractivity contribution in [2.45, 2.75) is 13.8 Å². The Labute approximate surface area is 672 Å². The molecule has 0 aliphatic heterocycles. The molecule has 2 heterocycles. The molecule has 0 saturated heterocycles. The molecule has 2 aromatic heterocycles. The van der Waals surface area contributed by atoms with E-state index in [1.54, 1.807) is 0 Å². The predicted molar refractivity (Wildman–Crippen MR) is 494 cm³/mol. The first-order valence-electron chi connectivity index (χ1n) is 40.0. The average molecular weight is 1480 g/mol. The van der Waals surface area contributed by atoms with Gasteiger partial charge >= 0.3 is 0 Å². The lowest BCUT2D eigenvalue weighted by Gasteiger charge is -2.29. The summed E-state index contributed by atoms with van der Waals surface area (Å²) in [6.45, 7) is 4.39. The van der Waals surface area contributed by atoms with Gasteiger partial charge < -0.3 is 28.7 Å². The fraction of sp³-hybridized carbons (Fsp3) is 0.0182. The Bertz CT molecular complexity index is 7590. The number of hydrogen-bond acceptors (Lipinski definition) is 4. The van der Waals surface area contributed by atoms with Gasteiger partial charge in [-0.25, -0.2) is 0 Å². The van der Waals surface area contributed by atoms with Gasteiger partial charge in [0.15, 0.2) is 0 Å². The Morgan fingerprint density at radius 1 is 0.172 bits per heavy atom. The minimum absolute atomic E-state index is 1.03. The van der Waals surface area contributed by atoms with Crippen molar-refractivity contribution in [1.82, 2.24) is 9.13 Å². The van der Waals surface area contributed by atoms with Crippen molar-refractivity contribution in [3.63, 3.8) is 0 Å². The molecule has 0 unspecified atom stereocenters. The van der Waals surface area contributed by atoms with Crippen molar-refractivity contribution in [3.8, 4) is 22.5 Å². The van der Waals surface area contributed by atoms with Crippen LogP contribution < -0.4 is 19.6 Å². The number of rotatable bonds is 15. The maximum absolute atomic E-state index is 2.57. The monoisotopic (exact) mass is 1480 g/mol. The standard InChI is InChI=1S/C110H76N6/c1-73-33-27-49-83(65-73)112(81-45-11-5-12-46-81)100-70-104-108(94-60-24-20-56-90(94)100)110-96-62-26-22-58-92(96)102(72-106(110)116(104)98-64-32-38-76-36-16-18-54-88(76)98)114(84-50-28-34-74(2)66-84)86-52-30-40-78(68-86)77-39-29-51-85(67-77)113(82-47-13-6-14-48-82)101-71-105-109(95-61-25-21-57-91(95)101)107-93-59-23-19-55-89(93)99(111(79-41-7-3-8-42-79)80-43-9-4-10-44-80)69-103(107)115(105)97-63-31-37-75-35-15-17-53-87(75)97/h3-72H,1-2H3.